The molecule has 84 valence electrons. The summed E-state index contributed by atoms with van der Waals surface area (Å²) in [5.41, 5.74) is 5.68. The molecule has 0 radical (unpaired) electrons. The fourth-order valence-corrected chi connectivity index (χ4v) is 2.96. The molecule has 5 nitrogen and oxygen atoms in total. The molecule has 0 aromatic carbocycles. The van der Waals surface area contributed by atoms with Gasteiger partial charge in [-0.05, 0) is 18.8 Å². The van der Waals surface area contributed by atoms with E-state index in [2.05, 4.69) is 4.72 Å². The van der Waals surface area contributed by atoms with Gasteiger partial charge in [0.05, 0.1) is 6.17 Å². The molecule has 1 rings (SSSR count). The van der Waals surface area contributed by atoms with Gasteiger partial charge in [-0.25, -0.2) is 4.72 Å². The lowest BCUT2D eigenvalue weighted by Crippen LogP contribution is -2.47. The zero-order valence-electron chi connectivity index (χ0n) is 8.73. The van der Waals surface area contributed by atoms with Crippen LogP contribution in [0.2, 0.25) is 0 Å². The minimum absolute atomic E-state index is 0.309. The van der Waals surface area contributed by atoms with E-state index in [0.29, 0.717) is 19.0 Å². The maximum atomic E-state index is 11.7. The highest BCUT2D eigenvalue weighted by molar-refractivity contribution is 7.87. The summed E-state index contributed by atoms with van der Waals surface area (Å²) in [7, 11) is -3.35. The van der Waals surface area contributed by atoms with Crippen molar-refractivity contribution in [3.8, 4) is 0 Å². The van der Waals surface area contributed by atoms with Crippen LogP contribution in [0.15, 0.2) is 0 Å². The lowest BCUT2D eigenvalue weighted by atomic mass is 10.2. The molecule has 1 heterocycles. The molecule has 0 saturated carbocycles. The number of rotatable bonds is 4. The summed E-state index contributed by atoms with van der Waals surface area (Å²) in [5, 5.41) is 0. The Bertz CT molecular complexity index is 276. The Balaban J connectivity index is 2.56. The van der Waals surface area contributed by atoms with Gasteiger partial charge in [-0.15, -0.1) is 0 Å². The van der Waals surface area contributed by atoms with Crippen LogP contribution in [0.5, 0.6) is 0 Å². The van der Waals surface area contributed by atoms with Crippen molar-refractivity contribution in [2.24, 2.45) is 11.7 Å². The molecule has 1 aliphatic rings. The number of nitrogens with one attached hydrogen (secondary N) is 1. The number of nitrogens with two attached hydrogens (primary N) is 1. The van der Waals surface area contributed by atoms with E-state index in [9.17, 15) is 8.42 Å². The highest BCUT2D eigenvalue weighted by Gasteiger charge is 2.31. The SMILES string of the molecule is CC(C)CNS(=O)(=O)N1CCCC1N. The topological polar surface area (TPSA) is 75.4 Å². The molecule has 0 aliphatic carbocycles. The number of hydrogen-bond acceptors (Lipinski definition) is 3. The number of nitrogens with zero attached hydrogens (tertiary/aromatic N) is 1. The molecule has 6 heteroatoms. The lowest BCUT2D eigenvalue weighted by molar-refractivity contribution is 0.386. The van der Waals surface area contributed by atoms with E-state index in [1.165, 1.54) is 4.31 Å². The Kier molecular flexibility index (Phi) is 3.88. The summed E-state index contributed by atoms with van der Waals surface area (Å²) in [6, 6.07) is 0. The van der Waals surface area contributed by atoms with Crippen molar-refractivity contribution in [2.75, 3.05) is 13.1 Å². The molecule has 0 spiro atoms. The van der Waals surface area contributed by atoms with Crippen molar-refractivity contribution in [2.45, 2.75) is 32.9 Å². The molecule has 1 unspecified atom stereocenters. The van der Waals surface area contributed by atoms with E-state index in [4.69, 9.17) is 5.73 Å². The van der Waals surface area contributed by atoms with Crippen LogP contribution in [0.25, 0.3) is 0 Å². The summed E-state index contributed by atoms with van der Waals surface area (Å²) < 4.78 is 27.3. The van der Waals surface area contributed by atoms with Crippen LogP contribution in [0.3, 0.4) is 0 Å². The van der Waals surface area contributed by atoms with Crippen LogP contribution in [-0.4, -0.2) is 32.0 Å². The van der Waals surface area contributed by atoms with Gasteiger partial charge in [0.1, 0.15) is 0 Å². The largest absolute Gasteiger partial charge is 0.315 e. The molecule has 0 bridgehead atoms. The van der Waals surface area contributed by atoms with Gasteiger partial charge < -0.3 is 5.73 Å². The fourth-order valence-electron chi connectivity index (χ4n) is 1.42. The lowest BCUT2D eigenvalue weighted by Gasteiger charge is -2.21. The van der Waals surface area contributed by atoms with Crippen LogP contribution < -0.4 is 10.5 Å². The summed E-state index contributed by atoms with van der Waals surface area (Å²) in [6.45, 7) is 4.93. The van der Waals surface area contributed by atoms with Crippen molar-refractivity contribution in [1.29, 1.82) is 0 Å². The Hall–Kier alpha value is -0.170. The standard InChI is InChI=1S/C8H19N3O2S/c1-7(2)6-10-14(12,13)11-5-3-4-8(11)9/h7-8,10H,3-6,9H2,1-2H3. The molecule has 1 fully saturated rings. The second kappa shape index (κ2) is 4.57. The third kappa shape index (κ3) is 2.91. The molecule has 3 N–H and O–H groups in total. The molecule has 0 amide bonds. The Morgan fingerprint density at radius 3 is 2.64 bits per heavy atom. The predicted octanol–water partition coefficient (Wildman–Crippen LogP) is -0.143. The quantitative estimate of drug-likeness (QED) is 0.693. The smallest absolute Gasteiger partial charge is 0.280 e. The van der Waals surface area contributed by atoms with E-state index in [1.54, 1.807) is 0 Å². The maximum Gasteiger partial charge on any atom is 0.280 e. The molecule has 0 aromatic rings. The van der Waals surface area contributed by atoms with Crippen LogP contribution in [0, 0.1) is 5.92 Å². The fraction of sp³-hybridized carbons (Fsp3) is 1.00. The average molecular weight is 221 g/mol. The van der Waals surface area contributed by atoms with E-state index in [1.807, 2.05) is 13.8 Å². The maximum absolute atomic E-state index is 11.7. The van der Waals surface area contributed by atoms with Gasteiger partial charge in [-0.1, -0.05) is 13.8 Å². The third-order valence-corrected chi connectivity index (χ3v) is 3.83. The Morgan fingerprint density at radius 2 is 2.21 bits per heavy atom. The average Bonchev–Trinajstić information content (AvgIpc) is 2.48. The summed E-state index contributed by atoms with van der Waals surface area (Å²) >= 11 is 0. The summed E-state index contributed by atoms with van der Waals surface area (Å²) in [6.07, 6.45) is 1.26. The van der Waals surface area contributed by atoms with Crippen LogP contribution >= 0.6 is 0 Å². The van der Waals surface area contributed by atoms with Gasteiger partial charge in [0.15, 0.2) is 0 Å². The molecular weight excluding hydrogens is 202 g/mol. The summed E-state index contributed by atoms with van der Waals surface area (Å²) in [4.78, 5) is 0. The zero-order valence-corrected chi connectivity index (χ0v) is 9.55. The predicted molar refractivity (Wildman–Crippen MR) is 55.7 cm³/mol. The second-order valence-corrected chi connectivity index (χ2v) is 5.78. The van der Waals surface area contributed by atoms with Crippen molar-refractivity contribution >= 4 is 10.2 Å². The van der Waals surface area contributed by atoms with Gasteiger partial charge in [-0.2, -0.15) is 12.7 Å². The molecule has 0 aromatic heterocycles. The highest BCUT2D eigenvalue weighted by Crippen LogP contribution is 2.15. The minimum Gasteiger partial charge on any atom is -0.315 e. The monoisotopic (exact) mass is 221 g/mol. The van der Waals surface area contributed by atoms with Gasteiger partial charge >= 0.3 is 0 Å². The van der Waals surface area contributed by atoms with Gasteiger partial charge in [0.2, 0.25) is 0 Å². The molecule has 1 atom stereocenters. The Morgan fingerprint density at radius 1 is 1.57 bits per heavy atom. The molecule has 1 saturated heterocycles. The normalized spacial score (nSPS) is 24.7. The van der Waals surface area contributed by atoms with E-state index in [0.717, 1.165) is 12.8 Å². The van der Waals surface area contributed by atoms with Crippen molar-refractivity contribution in [3.63, 3.8) is 0 Å². The highest BCUT2D eigenvalue weighted by atomic mass is 32.2. The van der Waals surface area contributed by atoms with Gasteiger partial charge in [0, 0.05) is 13.1 Å². The first-order chi connectivity index (χ1) is 6.43. The Labute approximate surface area is 85.8 Å². The van der Waals surface area contributed by atoms with Crippen LogP contribution in [0.4, 0.5) is 0 Å². The van der Waals surface area contributed by atoms with Crippen LogP contribution in [0.1, 0.15) is 26.7 Å². The second-order valence-electron chi connectivity index (χ2n) is 4.07. The molecule has 1 aliphatic heterocycles. The third-order valence-electron chi connectivity index (χ3n) is 2.23. The van der Waals surface area contributed by atoms with Crippen molar-refractivity contribution in [1.82, 2.24) is 9.03 Å². The van der Waals surface area contributed by atoms with Gasteiger partial charge in [0.25, 0.3) is 10.2 Å². The first-order valence-electron chi connectivity index (χ1n) is 4.95. The van der Waals surface area contributed by atoms with E-state index >= 15 is 0 Å². The first kappa shape index (κ1) is 11.9. The van der Waals surface area contributed by atoms with Crippen LogP contribution in [-0.2, 0) is 10.2 Å². The minimum atomic E-state index is -3.35. The van der Waals surface area contributed by atoms with Crippen molar-refractivity contribution < 1.29 is 8.42 Å². The molecule has 14 heavy (non-hydrogen) atoms. The van der Waals surface area contributed by atoms with Gasteiger partial charge in [-0.3, -0.25) is 0 Å². The number of hydrogen-bond donors (Lipinski definition) is 2. The first-order valence-corrected chi connectivity index (χ1v) is 6.39. The van der Waals surface area contributed by atoms with Crippen molar-refractivity contribution in [3.05, 3.63) is 0 Å². The van der Waals surface area contributed by atoms with E-state index < -0.39 is 10.2 Å². The van der Waals surface area contributed by atoms with E-state index in [-0.39, 0.29) is 6.17 Å². The zero-order chi connectivity index (χ0) is 10.8. The summed E-state index contributed by atoms with van der Waals surface area (Å²) in [5.74, 6) is 0.309. The molecular formula is C8H19N3O2S.